The van der Waals surface area contributed by atoms with Crippen molar-refractivity contribution in [3.8, 4) is 0 Å². The molecular formula is C16H22N2O2S. The Bertz CT molecular complexity index is 523. The molecular weight excluding hydrogens is 284 g/mol. The molecule has 5 heteroatoms. The van der Waals surface area contributed by atoms with Gasteiger partial charge in [-0.15, -0.1) is 0 Å². The van der Waals surface area contributed by atoms with E-state index in [1.165, 1.54) is 43.6 Å². The number of nitrogens with zero attached hydrogens (tertiary/aromatic N) is 1. The van der Waals surface area contributed by atoms with Gasteiger partial charge in [0, 0.05) is 18.2 Å². The van der Waals surface area contributed by atoms with E-state index in [0.29, 0.717) is 16.7 Å². The standard InChI is InChI=1S/C16H22N2O2S/c1-11(14-9-12-5-6-13(14)8-12)17-15(19)10-21-16-4-2-3-7-18(16)20/h2-4,7,11-14H,5-6,8-10H2,1H3,(H,17,19). The molecule has 21 heavy (non-hydrogen) atoms. The van der Waals surface area contributed by atoms with Gasteiger partial charge in [0.05, 0.1) is 5.75 Å². The number of pyridine rings is 1. The molecule has 1 amide bonds. The van der Waals surface area contributed by atoms with Gasteiger partial charge < -0.3 is 10.5 Å². The Morgan fingerprint density at radius 1 is 1.48 bits per heavy atom. The lowest BCUT2D eigenvalue weighted by Crippen LogP contribution is -2.41. The van der Waals surface area contributed by atoms with Gasteiger partial charge in [-0.3, -0.25) is 4.79 Å². The molecule has 2 bridgehead atoms. The van der Waals surface area contributed by atoms with Crippen molar-refractivity contribution >= 4 is 17.7 Å². The minimum atomic E-state index is 0.0270. The van der Waals surface area contributed by atoms with Crippen molar-refractivity contribution in [3.05, 3.63) is 29.6 Å². The van der Waals surface area contributed by atoms with E-state index in [2.05, 4.69) is 12.2 Å². The van der Waals surface area contributed by atoms with Gasteiger partial charge in [0.1, 0.15) is 0 Å². The monoisotopic (exact) mass is 306 g/mol. The Kier molecular flexibility index (Phi) is 4.38. The van der Waals surface area contributed by atoms with E-state index in [9.17, 15) is 10.0 Å². The van der Waals surface area contributed by atoms with Gasteiger partial charge in [-0.05, 0) is 61.8 Å². The summed E-state index contributed by atoms with van der Waals surface area (Å²) in [6, 6.07) is 5.49. The van der Waals surface area contributed by atoms with Crippen molar-refractivity contribution in [2.45, 2.75) is 43.7 Å². The van der Waals surface area contributed by atoms with Gasteiger partial charge in [0.15, 0.2) is 6.20 Å². The van der Waals surface area contributed by atoms with Crippen molar-refractivity contribution in [2.75, 3.05) is 5.75 Å². The summed E-state index contributed by atoms with van der Waals surface area (Å²) in [5, 5.41) is 15.2. The number of hydrogen-bond acceptors (Lipinski definition) is 3. The summed E-state index contributed by atoms with van der Waals surface area (Å²) in [5.41, 5.74) is 0. The highest BCUT2D eigenvalue weighted by molar-refractivity contribution is 7.99. The molecule has 2 fully saturated rings. The van der Waals surface area contributed by atoms with E-state index in [1.807, 2.05) is 6.07 Å². The molecule has 0 aromatic carbocycles. The molecule has 2 aliphatic rings. The smallest absolute Gasteiger partial charge is 0.251 e. The van der Waals surface area contributed by atoms with Gasteiger partial charge in [-0.25, -0.2) is 0 Å². The molecule has 1 N–H and O–H groups in total. The summed E-state index contributed by atoms with van der Waals surface area (Å²) < 4.78 is 0.803. The molecule has 0 aliphatic heterocycles. The third kappa shape index (κ3) is 3.34. The Hall–Kier alpha value is -1.23. The Balaban J connectivity index is 1.47. The molecule has 0 spiro atoms. The van der Waals surface area contributed by atoms with Crippen molar-refractivity contribution < 1.29 is 9.52 Å². The minimum Gasteiger partial charge on any atom is -0.618 e. The van der Waals surface area contributed by atoms with Crippen LogP contribution >= 0.6 is 11.8 Å². The second kappa shape index (κ2) is 6.26. The number of fused-ring (bicyclic) bond motifs is 2. The van der Waals surface area contributed by atoms with Crippen LogP contribution in [0.5, 0.6) is 0 Å². The topological polar surface area (TPSA) is 56.0 Å². The Labute approximate surface area is 129 Å². The van der Waals surface area contributed by atoms with Crippen LogP contribution in [0.4, 0.5) is 0 Å². The van der Waals surface area contributed by atoms with Crippen LogP contribution in [-0.4, -0.2) is 17.7 Å². The van der Waals surface area contributed by atoms with E-state index in [-0.39, 0.29) is 11.9 Å². The predicted octanol–water partition coefficient (Wildman–Crippen LogP) is 2.35. The quantitative estimate of drug-likeness (QED) is 0.516. The van der Waals surface area contributed by atoms with E-state index < -0.39 is 0 Å². The van der Waals surface area contributed by atoms with Gasteiger partial charge in [0.2, 0.25) is 5.91 Å². The number of thioether (sulfide) groups is 1. The van der Waals surface area contributed by atoms with Crippen molar-refractivity contribution in [1.82, 2.24) is 5.32 Å². The molecule has 0 saturated heterocycles. The summed E-state index contributed by atoms with van der Waals surface area (Å²) in [4.78, 5) is 12.1. The maximum absolute atomic E-state index is 12.1. The first-order valence-electron chi connectivity index (χ1n) is 7.74. The molecule has 4 nitrogen and oxygen atoms in total. The first-order valence-corrected chi connectivity index (χ1v) is 8.72. The fourth-order valence-corrected chi connectivity index (χ4v) is 4.70. The molecule has 1 aromatic heterocycles. The number of carbonyl (C=O) groups excluding carboxylic acids is 1. The van der Waals surface area contributed by atoms with E-state index in [1.54, 1.807) is 12.1 Å². The van der Waals surface area contributed by atoms with Crippen molar-refractivity contribution in [3.63, 3.8) is 0 Å². The summed E-state index contributed by atoms with van der Waals surface area (Å²) >= 11 is 1.29. The van der Waals surface area contributed by atoms with Crippen LogP contribution in [0.25, 0.3) is 0 Å². The maximum Gasteiger partial charge on any atom is 0.251 e. The third-order valence-corrected chi connectivity index (χ3v) is 5.98. The second-order valence-corrected chi connectivity index (χ2v) is 7.34. The van der Waals surface area contributed by atoms with Gasteiger partial charge >= 0.3 is 0 Å². The number of hydrogen-bond donors (Lipinski definition) is 1. The first-order chi connectivity index (χ1) is 10.1. The first kappa shape index (κ1) is 14.7. The molecule has 114 valence electrons. The summed E-state index contributed by atoms with van der Waals surface area (Å²) in [6.07, 6.45) is 6.82. The summed E-state index contributed by atoms with van der Waals surface area (Å²) in [5.74, 6) is 2.70. The van der Waals surface area contributed by atoms with Crippen LogP contribution < -0.4 is 10.0 Å². The van der Waals surface area contributed by atoms with Gasteiger partial charge in [0.25, 0.3) is 5.03 Å². The zero-order chi connectivity index (χ0) is 14.8. The summed E-state index contributed by atoms with van der Waals surface area (Å²) in [7, 11) is 0. The number of amides is 1. The third-order valence-electron chi connectivity index (χ3n) is 4.96. The van der Waals surface area contributed by atoms with E-state index in [4.69, 9.17) is 0 Å². The fraction of sp³-hybridized carbons (Fsp3) is 0.625. The second-order valence-electron chi connectivity index (χ2n) is 6.35. The Morgan fingerprint density at radius 2 is 2.33 bits per heavy atom. The molecule has 1 heterocycles. The lowest BCUT2D eigenvalue weighted by molar-refractivity contribution is -0.645. The highest BCUT2D eigenvalue weighted by Gasteiger charge is 2.42. The number of nitrogens with one attached hydrogen (secondary N) is 1. The molecule has 0 radical (unpaired) electrons. The van der Waals surface area contributed by atoms with Gasteiger partial charge in [-0.1, -0.05) is 6.42 Å². The highest BCUT2D eigenvalue weighted by Crippen LogP contribution is 2.49. The zero-order valence-electron chi connectivity index (χ0n) is 12.3. The molecule has 4 unspecified atom stereocenters. The minimum absolute atomic E-state index is 0.0270. The van der Waals surface area contributed by atoms with Crippen LogP contribution in [0.15, 0.2) is 29.4 Å². The normalized spacial score (nSPS) is 28.5. The van der Waals surface area contributed by atoms with Crippen LogP contribution in [0.3, 0.4) is 0 Å². The highest BCUT2D eigenvalue weighted by atomic mass is 32.2. The van der Waals surface area contributed by atoms with Crippen LogP contribution in [0, 0.1) is 23.0 Å². The molecule has 2 aliphatic carbocycles. The SMILES string of the molecule is CC(NC(=O)CSc1cccc[n+]1[O-])C1CC2CCC1C2. The fourth-order valence-electron chi connectivity index (χ4n) is 3.97. The molecule has 4 atom stereocenters. The molecule has 3 rings (SSSR count). The maximum atomic E-state index is 12.1. The van der Waals surface area contributed by atoms with Gasteiger partial charge in [-0.2, -0.15) is 4.73 Å². The summed E-state index contributed by atoms with van der Waals surface area (Å²) in [6.45, 7) is 2.13. The van der Waals surface area contributed by atoms with E-state index in [0.717, 1.165) is 16.6 Å². The van der Waals surface area contributed by atoms with Crippen molar-refractivity contribution in [2.24, 2.45) is 17.8 Å². The molecule has 2 saturated carbocycles. The predicted molar refractivity (Wildman–Crippen MR) is 82.7 cm³/mol. The number of aromatic nitrogens is 1. The lowest BCUT2D eigenvalue weighted by atomic mass is 9.84. The number of rotatable bonds is 5. The zero-order valence-corrected chi connectivity index (χ0v) is 13.1. The molecule has 1 aromatic rings. The van der Waals surface area contributed by atoms with E-state index >= 15 is 0 Å². The average Bonchev–Trinajstić information content (AvgIpc) is 3.09. The van der Waals surface area contributed by atoms with Crippen molar-refractivity contribution in [1.29, 1.82) is 0 Å². The number of carbonyl (C=O) groups is 1. The van der Waals surface area contributed by atoms with Crippen LogP contribution in [-0.2, 0) is 4.79 Å². The van der Waals surface area contributed by atoms with Crippen LogP contribution in [0.2, 0.25) is 0 Å². The Morgan fingerprint density at radius 3 is 3.00 bits per heavy atom. The largest absolute Gasteiger partial charge is 0.618 e. The average molecular weight is 306 g/mol. The van der Waals surface area contributed by atoms with Crippen LogP contribution in [0.1, 0.15) is 32.6 Å². The lowest BCUT2D eigenvalue weighted by Gasteiger charge is -2.28.